The van der Waals surface area contributed by atoms with Gasteiger partial charge in [-0.3, -0.25) is 14.3 Å². The molecule has 7 nitrogen and oxygen atoms in total. The van der Waals surface area contributed by atoms with E-state index in [9.17, 15) is 9.59 Å². The number of nitrogens with zero attached hydrogens (tertiary/aromatic N) is 2. The summed E-state index contributed by atoms with van der Waals surface area (Å²) >= 11 is 9.51. The molecule has 1 fully saturated rings. The van der Waals surface area contributed by atoms with Crippen LogP contribution in [0.25, 0.3) is 10.1 Å². The van der Waals surface area contributed by atoms with Crippen LogP contribution >= 0.6 is 34.9 Å². The van der Waals surface area contributed by atoms with Crippen molar-refractivity contribution in [3.8, 4) is 11.5 Å². The molecule has 1 N–H and O–H groups in total. The molecule has 5 rings (SSSR count). The first-order valence-electron chi connectivity index (χ1n) is 15.2. The number of fused-ring (bicyclic) bond motifs is 1. The molecular weight excluding hydrogens is 626 g/mol. The summed E-state index contributed by atoms with van der Waals surface area (Å²) in [6.45, 7) is 6.28. The Morgan fingerprint density at radius 3 is 2.62 bits per heavy atom. The lowest BCUT2D eigenvalue weighted by Crippen LogP contribution is -2.71. The monoisotopic (exact) mass is 665 g/mol. The van der Waals surface area contributed by atoms with E-state index >= 15 is 0 Å². The zero-order chi connectivity index (χ0) is 32.0. The van der Waals surface area contributed by atoms with Crippen molar-refractivity contribution in [3.63, 3.8) is 0 Å². The quantitative estimate of drug-likeness (QED) is 0.110. The second-order valence-corrected chi connectivity index (χ2v) is 13.8. The van der Waals surface area contributed by atoms with Gasteiger partial charge in [-0.1, -0.05) is 73.8 Å². The number of benzene rings is 3. The lowest BCUT2D eigenvalue weighted by molar-refractivity contribution is -0.156. The smallest absolute Gasteiger partial charge is 0.256 e. The topological polar surface area (TPSA) is 71.1 Å². The van der Waals surface area contributed by atoms with Crippen molar-refractivity contribution in [3.05, 3.63) is 93.8 Å². The van der Waals surface area contributed by atoms with Crippen LogP contribution in [0.15, 0.2) is 72.1 Å². The largest absolute Gasteiger partial charge is 0.497 e. The van der Waals surface area contributed by atoms with Crippen molar-refractivity contribution in [1.29, 1.82) is 0 Å². The zero-order valence-corrected chi connectivity index (χ0v) is 28.6. The van der Waals surface area contributed by atoms with Crippen molar-refractivity contribution in [2.24, 2.45) is 5.92 Å². The van der Waals surface area contributed by atoms with Gasteiger partial charge in [0.2, 0.25) is 5.91 Å². The Bertz CT molecular complexity index is 1640. The van der Waals surface area contributed by atoms with Gasteiger partial charge < -0.3 is 19.3 Å². The van der Waals surface area contributed by atoms with Gasteiger partial charge in [0.1, 0.15) is 17.0 Å². The second-order valence-electron chi connectivity index (χ2n) is 11.5. The third-order valence-corrected chi connectivity index (χ3v) is 10.6. The molecule has 10 heteroatoms. The van der Waals surface area contributed by atoms with Gasteiger partial charge in [0.25, 0.3) is 5.91 Å². The van der Waals surface area contributed by atoms with Gasteiger partial charge in [-0.15, -0.1) is 11.3 Å². The molecule has 0 spiro atoms. The molecule has 45 heavy (non-hydrogen) atoms. The first-order chi connectivity index (χ1) is 21.8. The number of nitrogens with one attached hydrogen (secondary N) is 1. The molecule has 0 radical (unpaired) electrons. The highest BCUT2D eigenvalue weighted by molar-refractivity contribution is 7.97. The Morgan fingerprint density at radius 2 is 1.91 bits per heavy atom. The molecular formula is C35H40ClN3O4S2. The van der Waals surface area contributed by atoms with Crippen LogP contribution in [0.3, 0.4) is 0 Å². The molecule has 2 heterocycles. The normalized spacial score (nSPS) is 16.1. The standard InChI is InChI=1S/C35H40ClN3O4S2/c1-24(2)35(15-17-39(35)33(40)30-23-44-32-12-6-5-11-29(30)32)34(41)38(22-25-9-7-10-27(36)19-25)16-8-18-45-37-21-26-13-14-28(42-3)20-31(26)43-4/h5-7,9-14,19-20,23-24,37H,8,15-18,21-22H2,1-4H3. The third-order valence-electron chi connectivity index (χ3n) is 8.56. The number of hydrogen-bond donors (Lipinski definition) is 1. The second kappa shape index (κ2) is 14.9. The zero-order valence-electron chi connectivity index (χ0n) is 26.2. The van der Waals surface area contributed by atoms with E-state index < -0.39 is 5.54 Å². The van der Waals surface area contributed by atoms with Crippen LogP contribution in [0.1, 0.15) is 48.2 Å². The van der Waals surface area contributed by atoms with E-state index in [1.807, 2.05) is 95.8 Å². The van der Waals surface area contributed by atoms with Gasteiger partial charge in [-0.2, -0.15) is 0 Å². The van der Waals surface area contributed by atoms with Gasteiger partial charge >= 0.3 is 0 Å². The maximum Gasteiger partial charge on any atom is 0.256 e. The summed E-state index contributed by atoms with van der Waals surface area (Å²) in [5.74, 6) is 2.20. The highest BCUT2D eigenvalue weighted by Crippen LogP contribution is 2.42. The lowest BCUT2D eigenvalue weighted by atomic mass is 9.73. The van der Waals surface area contributed by atoms with E-state index in [1.165, 1.54) is 0 Å². The molecule has 3 aromatic carbocycles. The molecule has 0 saturated carbocycles. The van der Waals surface area contributed by atoms with Gasteiger partial charge in [-0.05, 0) is 48.6 Å². The van der Waals surface area contributed by atoms with Crippen LogP contribution in [0.2, 0.25) is 5.02 Å². The summed E-state index contributed by atoms with van der Waals surface area (Å²) in [6.07, 6.45) is 1.42. The van der Waals surface area contributed by atoms with Crippen molar-refractivity contribution < 1.29 is 19.1 Å². The predicted molar refractivity (Wildman–Crippen MR) is 185 cm³/mol. The van der Waals surface area contributed by atoms with Crippen LogP contribution < -0.4 is 14.2 Å². The van der Waals surface area contributed by atoms with Crippen LogP contribution in [-0.4, -0.2) is 60.2 Å². The number of methoxy groups -OCH3 is 2. The van der Waals surface area contributed by atoms with Crippen LogP contribution in [0.5, 0.6) is 11.5 Å². The molecule has 0 bridgehead atoms. The van der Waals surface area contributed by atoms with Gasteiger partial charge in [-0.25, -0.2) is 0 Å². The highest BCUT2D eigenvalue weighted by Gasteiger charge is 2.56. The molecule has 1 aliphatic rings. The lowest BCUT2D eigenvalue weighted by Gasteiger charge is -2.55. The minimum absolute atomic E-state index is 0.00228. The minimum atomic E-state index is -0.894. The Kier molecular flexibility index (Phi) is 11.0. The van der Waals surface area contributed by atoms with Crippen molar-refractivity contribution in [2.45, 2.75) is 45.3 Å². The fraction of sp³-hybridized carbons (Fsp3) is 0.371. The summed E-state index contributed by atoms with van der Waals surface area (Å²) in [5.41, 5.74) is 1.78. The number of rotatable bonds is 14. The molecule has 1 atom stereocenters. The molecule has 2 amide bonds. The van der Waals surface area contributed by atoms with Gasteiger partial charge in [0.15, 0.2) is 0 Å². The predicted octanol–water partition coefficient (Wildman–Crippen LogP) is 7.67. The van der Waals surface area contributed by atoms with Crippen molar-refractivity contribution >= 4 is 56.8 Å². The van der Waals surface area contributed by atoms with E-state index in [0.29, 0.717) is 43.2 Å². The maximum absolute atomic E-state index is 14.6. The third kappa shape index (κ3) is 7.12. The Morgan fingerprint density at radius 1 is 1.09 bits per heavy atom. The van der Waals surface area contributed by atoms with E-state index in [4.69, 9.17) is 21.1 Å². The number of hydrogen-bond acceptors (Lipinski definition) is 7. The average molecular weight is 666 g/mol. The molecule has 0 aliphatic carbocycles. The van der Waals surface area contributed by atoms with Crippen molar-refractivity contribution in [1.82, 2.24) is 14.5 Å². The van der Waals surface area contributed by atoms with Gasteiger partial charge in [0.05, 0.1) is 19.8 Å². The number of amides is 2. The maximum atomic E-state index is 14.6. The van der Waals surface area contributed by atoms with Crippen molar-refractivity contribution in [2.75, 3.05) is 33.1 Å². The Hall–Kier alpha value is -3.24. The highest BCUT2D eigenvalue weighted by atomic mass is 35.5. The Labute approximate surface area is 279 Å². The molecule has 4 aromatic rings. The Balaban J connectivity index is 1.29. The van der Waals surface area contributed by atoms with E-state index in [2.05, 4.69) is 4.72 Å². The molecule has 1 aromatic heterocycles. The number of thiophene rings is 1. The molecule has 1 aliphatic heterocycles. The van der Waals surface area contributed by atoms with E-state index in [1.54, 1.807) is 37.5 Å². The summed E-state index contributed by atoms with van der Waals surface area (Å²) in [7, 11) is 3.29. The first kappa shape index (κ1) is 33.1. The van der Waals surface area contributed by atoms with E-state index in [-0.39, 0.29) is 17.7 Å². The molecule has 1 unspecified atom stereocenters. The van der Waals surface area contributed by atoms with Crippen LogP contribution in [-0.2, 0) is 17.9 Å². The SMILES string of the molecule is COc1ccc(CNSCCCN(Cc2cccc(Cl)c2)C(=O)C2(C(C)C)CCN2C(=O)c2csc3ccccc23)c(OC)c1. The minimum Gasteiger partial charge on any atom is -0.497 e. The fourth-order valence-corrected chi connectivity index (χ4v) is 7.84. The number of carbonyl (C=O) groups excluding carboxylic acids is 2. The van der Waals surface area contributed by atoms with Gasteiger partial charge in [0, 0.05) is 64.1 Å². The summed E-state index contributed by atoms with van der Waals surface area (Å²) in [5, 5.41) is 3.50. The first-order valence-corrected chi connectivity index (χ1v) is 17.4. The number of carbonyl (C=O) groups is 2. The van der Waals surface area contributed by atoms with Crippen LogP contribution in [0, 0.1) is 5.92 Å². The fourth-order valence-electron chi connectivity index (χ4n) is 6.01. The number of ether oxygens (including phenoxy) is 2. The molecule has 1 saturated heterocycles. The average Bonchev–Trinajstić information content (AvgIpc) is 3.46. The number of halogens is 1. The summed E-state index contributed by atoms with van der Waals surface area (Å²) < 4.78 is 15.3. The molecule has 238 valence electrons. The van der Waals surface area contributed by atoms with E-state index in [0.717, 1.165) is 44.9 Å². The number of likely N-dealkylation sites (tertiary alicyclic amines) is 1. The van der Waals surface area contributed by atoms with Crippen LogP contribution in [0.4, 0.5) is 0 Å². The summed E-state index contributed by atoms with van der Waals surface area (Å²) in [4.78, 5) is 32.3. The summed E-state index contributed by atoms with van der Waals surface area (Å²) in [6, 6.07) is 21.4.